The predicted octanol–water partition coefficient (Wildman–Crippen LogP) is 6.00. The van der Waals surface area contributed by atoms with Crippen LogP contribution in [0.25, 0.3) is 23.1 Å². The number of pyridine rings is 2. The molecule has 3 aromatic heterocycles. The van der Waals surface area contributed by atoms with E-state index in [0.717, 1.165) is 49.6 Å². The molecule has 4 aromatic rings. The number of aliphatic imine (C=N–C) groups is 1. The van der Waals surface area contributed by atoms with E-state index in [0.29, 0.717) is 10.8 Å². The molecule has 0 bridgehead atoms. The lowest BCUT2D eigenvalue weighted by atomic mass is 10.0. The second-order valence-electron chi connectivity index (χ2n) is 7.54. The third-order valence-electron chi connectivity index (χ3n) is 5.31. The number of nitrogens with two attached hydrogens (primary N) is 1. The van der Waals surface area contributed by atoms with Crippen molar-refractivity contribution in [2.24, 2.45) is 10.7 Å². The summed E-state index contributed by atoms with van der Waals surface area (Å²) in [7, 11) is 1.74. The third-order valence-corrected chi connectivity index (χ3v) is 6.53. The van der Waals surface area contributed by atoms with Crippen LogP contribution in [0.1, 0.15) is 33.0 Å². The van der Waals surface area contributed by atoms with Gasteiger partial charge in [0.25, 0.3) is 0 Å². The number of para-hydroxylation sites is 1. The molecule has 3 heterocycles. The molecule has 1 aromatic carbocycles. The summed E-state index contributed by atoms with van der Waals surface area (Å²) in [5, 5.41) is 1.48. The van der Waals surface area contributed by atoms with Gasteiger partial charge in [-0.05, 0) is 44.3 Å². The number of aryl methyl sites for hydroxylation is 2. The molecule has 0 aliphatic carbocycles. The van der Waals surface area contributed by atoms with Crippen LogP contribution in [0.2, 0.25) is 5.02 Å². The highest BCUT2D eigenvalue weighted by Gasteiger charge is 2.14. The molecule has 6 nitrogen and oxygen atoms in total. The van der Waals surface area contributed by atoms with Crippen molar-refractivity contribution in [2.75, 3.05) is 7.05 Å². The zero-order valence-corrected chi connectivity index (χ0v) is 20.7. The summed E-state index contributed by atoms with van der Waals surface area (Å²) < 4.78 is 6.27. The Labute approximate surface area is 207 Å². The van der Waals surface area contributed by atoms with E-state index in [-0.39, 0.29) is 6.61 Å². The molecule has 34 heavy (non-hydrogen) atoms. The van der Waals surface area contributed by atoms with E-state index in [1.165, 1.54) is 6.20 Å². The Morgan fingerprint density at radius 3 is 2.82 bits per heavy atom. The lowest BCUT2D eigenvalue weighted by Crippen LogP contribution is -2.04. The minimum atomic E-state index is 0.268. The van der Waals surface area contributed by atoms with Crippen LogP contribution < -0.4 is 10.5 Å². The van der Waals surface area contributed by atoms with Gasteiger partial charge in [-0.2, -0.15) is 0 Å². The molecule has 0 amide bonds. The Hall–Kier alpha value is -3.55. The van der Waals surface area contributed by atoms with Gasteiger partial charge in [-0.25, -0.2) is 9.97 Å². The molecule has 0 spiro atoms. The molecule has 4 rings (SSSR count). The van der Waals surface area contributed by atoms with Crippen LogP contribution in [-0.2, 0) is 6.61 Å². The van der Waals surface area contributed by atoms with Gasteiger partial charge >= 0.3 is 0 Å². The van der Waals surface area contributed by atoms with E-state index in [4.69, 9.17) is 27.1 Å². The van der Waals surface area contributed by atoms with Crippen molar-refractivity contribution in [2.45, 2.75) is 20.5 Å². The molecule has 0 atom stereocenters. The number of hydrogen-bond acceptors (Lipinski definition) is 7. The Morgan fingerprint density at radius 2 is 2.09 bits per heavy atom. The SMILES string of the molecule is CN=C(/C=C\N)c1cc(C)nc2c(OCc3c(Cl)cncc3/C=C/c3scnc3C)cccc12. The predicted molar refractivity (Wildman–Crippen MR) is 142 cm³/mol. The van der Waals surface area contributed by atoms with E-state index < -0.39 is 0 Å². The number of rotatable bonds is 7. The minimum Gasteiger partial charge on any atom is -0.487 e. The van der Waals surface area contributed by atoms with Gasteiger partial charge < -0.3 is 10.5 Å². The van der Waals surface area contributed by atoms with Crippen LogP contribution in [-0.4, -0.2) is 27.7 Å². The van der Waals surface area contributed by atoms with Crippen LogP contribution in [0.3, 0.4) is 0 Å². The lowest BCUT2D eigenvalue weighted by Gasteiger charge is -2.14. The second-order valence-corrected chi connectivity index (χ2v) is 8.84. The highest BCUT2D eigenvalue weighted by molar-refractivity contribution is 7.10. The van der Waals surface area contributed by atoms with Crippen molar-refractivity contribution in [1.82, 2.24) is 15.0 Å². The highest BCUT2D eigenvalue weighted by Crippen LogP contribution is 2.30. The molecular weight excluding hydrogens is 466 g/mol. The first-order valence-electron chi connectivity index (χ1n) is 10.6. The average molecular weight is 490 g/mol. The van der Waals surface area contributed by atoms with Crippen LogP contribution in [0.5, 0.6) is 5.75 Å². The van der Waals surface area contributed by atoms with Gasteiger partial charge in [0.05, 0.1) is 21.9 Å². The quantitative estimate of drug-likeness (QED) is 0.322. The van der Waals surface area contributed by atoms with Crippen LogP contribution in [0.4, 0.5) is 0 Å². The van der Waals surface area contributed by atoms with E-state index in [9.17, 15) is 0 Å². The summed E-state index contributed by atoms with van der Waals surface area (Å²) in [5.74, 6) is 0.663. The number of hydrogen-bond donors (Lipinski definition) is 1. The van der Waals surface area contributed by atoms with Gasteiger partial charge in [0.15, 0.2) is 0 Å². The number of nitrogens with zero attached hydrogens (tertiary/aromatic N) is 4. The summed E-state index contributed by atoms with van der Waals surface area (Å²) in [6, 6.07) is 7.85. The topological polar surface area (TPSA) is 86.3 Å². The summed E-state index contributed by atoms with van der Waals surface area (Å²) in [6.07, 6.45) is 10.7. The molecule has 0 saturated heterocycles. The van der Waals surface area contributed by atoms with E-state index in [2.05, 4.69) is 15.0 Å². The Balaban J connectivity index is 1.69. The molecule has 0 fully saturated rings. The Bertz CT molecular complexity index is 1420. The Morgan fingerprint density at radius 1 is 1.24 bits per heavy atom. The van der Waals surface area contributed by atoms with Crippen molar-refractivity contribution < 1.29 is 4.74 Å². The van der Waals surface area contributed by atoms with Crippen LogP contribution in [0, 0.1) is 13.8 Å². The fourth-order valence-electron chi connectivity index (χ4n) is 3.61. The molecule has 2 N–H and O–H groups in total. The maximum atomic E-state index is 6.51. The summed E-state index contributed by atoms with van der Waals surface area (Å²) >= 11 is 8.10. The molecule has 0 unspecified atom stereocenters. The molecular formula is C26H24ClN5OS. The smallest absolute Gasteiger partial charge is 0.146 e. The Kier molecular flexibility index (Phi) is 7.35. The number of fused-ring (bicyclic) bond motifs is 1. The zero-order valence-electron chi connectivity index (χ0n) is 19.1. The van der Waals surface area contributed by atoms with Gasteiger partial charge in [0.1, 0.15) is 17.9 Å². The van der Waals surface area contributed by atoms with Crippen molar-refractivity contribution in [1.29, 1.82) is 0 Å². The standard InChI is InChI=1S/C26H24ClN5OS/c1-16-11-20(23(29-3)9-10-28)19-5-4-6-24(26(19)32-16)33-14-21-18(12-30-13-22(21)27)7-8-25-17(2)31-15-34-25/h4-13,15H,14,28H2,1-3H3/b8-7+,10-9-,29-23?. The second kappa shape index (κ2) is 10.6. The van der Waals surface area contributed by atoms with Gasteiger partial charge in [-0.1, -0.05) is 29.8 Å². The number of ether oxygens (including phenoxy) is 1. The van der Waals surface area contributed by atoms with Crippen molar-refractivity contribution in [3.8, 4) is 5.75 Å². The lowest BCUT2D eigenvalue weighted by molar-refractivity contribution is 0.309. The number of allylic oxidation sites excluding steroid dienone is 1. The molecule has 172 valence electrons. The van der Waals surface area contributed by atoms with Crippen molar-refractivity contribution in [3.63, 3.8) is 0 Å². The van der Waals surface area contributed by atoms with Crippen molar-refractivity contribution >= 4 is 51.7 Å². The fourth-order valence-corrected chi connectivity index (χ4v) is 4.53. The number of benzene rings is 1. The van der Waals surface area contributed by atoms with E-state index in [1.807, 2.05) is 55.8 Å². The highest BCUT2D eigenvalue weighted by atomic mass is 35.5. The monoisotopic (exact) mass is 489 g/mol. The van der Waals surface area contributed by atoms with Crippen LogP contribution in [0.15, 0.2) is 59.4 Å². The molecule has 0 saturated carbocycles. The molecule has 0 aliphatic rings. The van der Waals surface area contributed by atoms with Gasteiger partial charge in [0, 0.05) is 52.1 Å². The summed E-state index contributed by atoms with van der Waals surface area (Å²) in [5.41, 5.74) is 13.5. The normalized spacial score (nSPS) is 12.3. The maximum Gasteiger partial charge on any atom is 0.146 e. The minimum absolute atomic E-state index is 0.268. The van der Waals surface area contributed by atoms with E-state index in [1.54, 1.807) is 36.9 Å². The summed E-state index contributed by atoms with van der Waals surface area (Å²) in [6.45, 7) is 4.20. The first-order chi connectivity index (χ1) is 16.5. The average Bonchev–Trinajstić information content (AvgIpc) is 3.24. The fraction of sp³-hybridized carbons (Fsp3) is 0.154. The zero-order chi connectivity index (χ0) is 24.1. The first-order valence-corrected chi connectivity index (χ1v) is 11.9. The molecule has 8 heteroatoms. The summed E-state index contributed by atoms with van der Waals surface area (Å²) in [4.78, 5) is 18.8. The molecule has 0 radical (unpaired) electrons. The molecule has 0 aliphatic heterocycles. The largest absolute Gasteiger partial charge is 0.487 e. The van der Waals surface area contributed by atoms with Crippen LogP contribution >= 0.6 is 22.9 Å². The van der Waals surface area contributed by atoms with Gasteiger partial charge in [-0.15, -0.1) is 11.3 Å². The van der Waals surface area contributed by atoms with Gasteiger partial charge in [-0.3, -0.25) is 9.98 Å². The van der Waals surface area contributed by atoms with Gasteiger partial charge in [0.2, 0.25) is 0 Å². The third kappa shape index (κ3) is 5.00. The number of aromatic nitrogens is 3. The van der Waals surface area contributed by atoms with E-state index >= 15 is 0 Å². The maximum absolute atomic E-state index is 6.51. The van der Waals surface area contributed by atoms with Crippen molar-refractivity contribution in [3.05, 3.63) is 92.4 Å². The first kappa shape index (κ1) is 23.6. The number of thiazole rings is 1. The number of halogens is 1.